The molecule has 7 nitrogen and oxygen atoms in total. The zero-order valence-electron chi connectivity index (χ0n) is 19.2. The van der Waals surface area contributed by atoms with Gasteiger partial charge in [-0.15, -0.1) is 0 Å². The van der Waals surface area contributed by atoms with Gasteiger partial charge < -0.3 is 20.5 Å². The first kappa shape index (κ1) is 24.3. The third kappa shape index (κ3) is 5.92. The van der Waals surface area contributed by atoms with Crippen LogP contribution in [0.5, 0.6) is 0 Å². The van der Waals surface area contributed by atoms with E-state index in [4.69, 9.17) is 4.74 Å². The van der Waals surface area contributed by atoms with Crippen LogP contribution in [0.15, 0.2) is 48.5 Å². The number of carbonyl (C=O) groups excluding carboxylic acids is 2. The number of carboxylic acids is 1. The van der Waals surface area contributed by atoms with E-state index in [1.165, 1.54) is 0 Å². The van der Waals surface area contributed by atoms with E-state index in [1.54, 1.807) is 6.92 Å². The molecule has 1 unspecified atom stereocenters. The fourth-order valence-corrected chi connectivity index (χ4v) is 4.21. The summed E-state index contributed by atoms with van der Waals surface area (Å²) >= 11 is 0. The highest BCUT2D eigenvalue weighted by Gasteiger charge is 2.30. The van der Waals surface area contributed by atoms with Crippen molar-refractivity contribution in [2.24, 2.45) is 5.92 Å². The maximum absolute atomic E-state index is 12.6. The lowest BCUT2D eigenvalue weighted by molar-refractivity contribution is -0.141. The summed E-state index contributed by atoms with van der Waals surface area (Å²) < 4.78 is 5.56. The molecule has 2 aromatic carbocycles. The van der Waals surface area contributed by atoms with Gasteiger partial charge in [0.05, 0.1) is 5.92 Å². The van der Waals surface area contributed by atoms with Crippen LogP contribution in [0.4, 0.5) is 4.79 Å². The summed E-state index contributed by atoms with van der Waals surface area (Å²) in [6.45, 7) is 3.95. The number of carboxylic acid groups (broad SMARTS) is 1. The molecule has 2 aromatic rings. The molecule has 0 saturated carbocycles. The smallest absolute Gasteiger partial charge is 0.407 e. The van der Waals surface area contributed by atoms with Gasteiger partial charge in [-0.05, 0) is 35.1 Å². The maximum Gasteiger partial charge on any atom is 0.407 e. The Morgan fingerprint density at radius 3 is 2.15 bits per heavy atom. The van der Waals surface area contributed by atoms with E-state index in [0.717, 1.165) is 35.1 Å². The molecule has 0 fully saturated rings. The van der Waals surface area contributed by atoms with Gasteiger partial charge in [0.15, 0.2) is 0 Å². The summed E-state index contributed by atoms with van der Waals surface area (Å²) in [5, 5.41) is 14.5. The van der Waals surface area contributed by atoms with Gasteiger partial charge in [-0.2, -0.15) is 0 Å². The van der Waals surface area contributed by atoms with Gasteiger partial charge in [-0.3, -0.25) is 9.59 Å². The fourth-order valence-electron chi connectivity index (χ4n) is 4.21. The minimum atomic E-state index is -0.951. The van der Waals surface area contributed by atoms with Crippen molar-refractivity contribution >= 4 is 18.0 Å². The van der Waals surface area contributed by atoms with Crippen LogP contribution >= 0.6 is 0 Å². The standard InChI is InChI=1S/C26H32N2O5/c1-3-5-14-23(24(29)27-15-17(4-2)25(30)31)28-26(32)33-16-22-20-12-8-6-10-18(20)19-11-7-9-13-21(19)22/h6-13,17,22-23H,3-5,14-16H2,1-2H3,(H,27,29)(H,28,32)(H,30,31)/t17?,23-/m0/s1. The average molecular weight is 453 g/mol. The molecule has 0 aliphatic heterocycles. The topological polar surface area (TPSA) is 105 Å². The molecule has 176 valence electrons. The highest BCUT2D eigenvalue weighted by molar-refractivity contribution is 5.86. The van der Waals surface area contributed by atoms with Crippen molar-refractivity contribution in [3.8, 4) is 11.1 Å². The fraction of sp³-hybridized carbons (Fsp3) is 0.423. The molecule has 3 N–H and O–H groups in total. The Morgan fingerprint density at radius 1 is 1.00 bits per heavy atom. The summed E-state index contributed by atoms with van der Waals surface area (Å²) in [5.41, 5.74) is 4.52. The Kier molecular flexibility index (Phi) is 8.46. The van der Waals surface area contributed by atoms with Gasteiger partial charge in [0.2, 0.25) is 5.91 Å². The van der Waals surface area contributed by atoms with Crippen LogP contribution in [-0.2, 0) is 14.3 Å². The molecule has 0 saturated heterocycles. The molecule has 7 heteroatoms. The number of hydrogen-bond donors (Lipinski definition) is 3. The number of ether oxygens (including phenoxy) is 1. The van der Waals surface area contributed by atoms with Crippen LogP contribution in [0, 0.1) is 5.92 Å². The van der Waals surface area contributed by atoms with E-state index >= 15 is 0 Å². The van der Waals surface area contributed by atoms with Crippen LogP contribution in [0.2, 0.25) is 0 Å². The first-order valence-electron chi connectivity index (χ1n) is 11.6. The van der Waals surface area contributed by atoms with Crippen LogP contribution < -0.4 is 10.6 Å². The van der Waals surface area contributed by atoms with Gasteiger partial charge in [-0.1, -0.05) is 75.2 Å². The summed E-state index contributed by atoms with van der Waals surface area (Å²) in [6.07, 6.45) is 1.82. The summed E-state index contributed by atoms with van der Waals surface area (Å²) in [7, 11) is 0. The zero-order chi connectivity index (χ0) is 23.8. The van der Waals surface area contributed by atoms with Gasteiger partial charge >= 0.3 is 12.1 Å². The molecule has 2 atom stereocenters. The van der Waals surface area contributed by atoms with Crippen LogP contribution in [0.3, 0.4) is 0 Å². The molecule has 3 rings (SSSR count). The molecular weight excluding hydrogens is 420 g/mol. The molecule has 0 heterocycles. The highest BCUT2D eigenvalue weighted by Crippen LogP contribution is 2.44. The maximum atomic E-state index is 12.6. The van der Waals surface area contributed by atoms with E-state index in [0.29, 0.717) is 12.8 Å². The number of carbonyl (C=O) groups is 3. The number of benzene rings is 2. The van der Waals surface area contributed by atoms with E-state index in [9.17, 15) is 19.5 Å². The van der Waals surface area contributed by atoms with Crippen LogP contribution in [-0.4, -0.2) is 42.3 Å². The van der Waals surface area contributed by atoms with Crippen molar-refractivity contribution in [3.05, 3.63) is 59.7 Å². The van der Waals surface area contributed by atoms with Crippen LogP contribution in [0.1, 0.15) is 56.6 Å². The van der Waals surface area contributed by atoms with E-state index in [1.807, 2.05) is 43.3 Å². The molecule has 33 heavy (non-hydrogen) atoms. The van der Waals surface area contributed by atoms with Crippen molar-refractivity contribution in [3.63, 3.8) is 0 Å². The molecule has 0 radical (unpaired) electrons. The number of alkyl carbamates (subject to hydrolysis) is 1. The van der Waals surface area contributed by atoms with Gasteiger partial charge in [-0.25, -0.2) is 4.79 Å². The second kappa shape index (κ2) is 11.5. The predicted molar refractivity (Wildman–Crippen MR) is 126 cm³/mol. The van der Waals surface area contributed by atoms with Gasteiger partial charge in [0.1, 0.15) is 12.6 Å². The predicted octanol–water partition coefficient (Wildman–Crippen LogP) is 4.31. The number of nitrogens with one attached hydrogen (secondary N) is 2. The summed E-state index contributed by atoms with van der Waals surface area (Å²) in [6, 6.07) is 15.4. The molecule has 0 spiro atoms. The monoisotopic (exact) mass is 452 g/mol. The minimum Gasteiger partial charge on any atom is -0.481 e. The number of rotatable bonds is 11. The Morgan fingerprint density at radius 2 is 1.61 bits per heavy atom. The lowest BCUT2D eigenvalue weighted by atomic mass is 9.98. The highest BCUT2D eigenvalue weighted by atomic mass is 16.5. The van der Waals surface area contributed by atoms with Gasteiger partial charge in [0.25, 0.3) is 0 Å². The average Bonchev–Trinajstić information content (AvgIpc) is 3.14. The Balaban J connectivity index is 1.61. The van der Waals surface area contributed by atoms with E-state index in [-0.39, 0.29) is 19.1 Å². The zero-order valence-corrected chi connectivity index (χ0v) is 19.2. The molecule has 2 amide bonds. The largest absolute Gasteiger partial charge is 0.481 e. The number of unbranched alkanes of at least 4 members (excludes halogenated alkanes) is 1. The minimum absolute atomic E-state index is 0.0274. The molecule has 1 aliphatic rings. The Hall–Kier alpha value is -3.35. The van der Waals surface area contributed by atoms with Gasteiger partial charge in [0, 0.05) is 12.5 Å². The number of fused-ring (bicyclic) bond motifs is 3. The third-order valence-corrected chi connectivity index (χ3v) is 6.16. The Labute approximate surface area is 194 Å². The first-order chi connectivity index (χ1) is 16.0. The van der Waals surface area contributed by atoms with Crippen LogP contribution in [0.25, 0.3) is 11.1 Å². The third-order valence-electron chi connectivity index (χ3n) is 6.16. The number of hydrogen-bond acceptors (Lipinski definition) is 4. The molecular formula is C26H32N2O5. The lowest BCUT2D eigenvalue weighted by Gasteiger charge is -2.20. The van der Waals surface area contributed by atoms with Crippen molar-refractivity contribution in [1.29, 1.82) is 0 Å². The number of amides is 2. The quantitative estimate of drug-likeness (QED) is 0.471. The summed E-state index contributed by atoms with van der Waals surface area (Å²) in [4.78, 5) is 36.4. The Bertz CT molecular complexity index is 945. The number of aliphatic carboxylic acids is 1. The normalized spacial score (nSPS) is 14.0. The van der Waals surface area contributed by atoms with E-state index in [2.05, 4.69) is 22.8 Å². The second-order valence-electron chi connectivity index (χ2n) is 8.35. The molecule has 0 bridgehead atoms. The van der Waals surface area contributed by atoms with Crippen molar-refractivity contribution in [2.75, 3.05) is 13.2 Å². The first-order valence-corrected chi connectivity index (χ1v) is 11.6. The van der Waals surface area contributed by atoms with Crippen molar-refractivity contribution in [1.82, 2.24) is 10.6 Å². The summed E-state index contributed by atoms with van der Waals surface area (Å²) in [5.74, 6) is -2.06. The SMILES string of the molecule is CCCC[C@H](NC(=O)OCC1c2ccccc2-c2ccccc21)C(=O)NCC(CC)C(=O)O. The van der Waals surface area contributed by atoms with Crippen molar-refractivity contribution < 1.29 is 24.2 Å². The molecule has 1 aliphatic carbocycles. The molecule has 0 aromatic heterocycles. The lowest BCUT2D eigenvalue weighted by Crippen LogP contribution is -2.48. The van der Waals surface area contributed by atoms with Crippen molar-refractivity contribution in [2.45, 2.75) is 51.5 Å². The second-order valence-corrected chi connectivity index (χ2v) is 8.35. The van der Waals surface area contributed by atoms with E-state index < -0.39 is 29.9 Å².